The second kappa shape index (κ2) is 8.79. The summed E-state index contributed by atoms with van der Waals surface area (Å²) in [6.45, 7) is 2.53. The SMILES string of the molecule is Cc1ccccc1N1N=C(C(=O)N2CCN(S(=O)(=O)c3ccc(F)cc3)CC2)CCC1=O. The summed E-state index contributed by atoms with van der Waals surface area (Å²) in [7, 11) is -3.76. The molecular formula is C22H23FN4O4S. The topological polar surface area (TPSA) is 90.4 Å². The summed E-state index contributed by atoms with van der Waals surface area (Å²) < 4.78 is 40.0. The zero-order valence-corrected chi connectivity index (χ0v) is 18.4. The van der Waals surface area contributed by atoms with E-state index in [0.717, 1.165) is 17.7 Å². The molecule has 4 rings (SSSR count). The van der Waals surface area contributed by atoms with Gasteiger partial charge in [0.1, 0.15) is 11.5 Å². The highest BCUT2D eigenvalue weighted by atomic mass is 32.2. The van der Waals surface area contributed by atoms with E-state index in [1.807, 2.05) is 25.1 Å². The van der Waals surface area contributed by atoms with Crippen molar-refractivity contribution in [3.8, 4) is 0 Å². The van der Waals surface area contributed by atoms with Gasteiger partial charge >= 0.3 is 0 Å². The lowest BCUT2D eigenvalue weighted by Crippen LogP contribution is -2.52. The number of para-hydroxylation sites is 1. The van der Waals surface area contributed by atoms with E-state index in [0.29, 0.717) is 5.69 Å². The Morgan fingerprint density at radius 3 is 2.28 bits per heavy atom. The van der Waals surface area contributed by atoms with E-state index >= 15 is 0 Å². The Hall–Kier alpha value is -3.11. The summed E-state index contributed by atoms with van der Waals surface area (Å²) in [6.07, 6.45) is 0.423. The van der Waals surface area contributed by atoms with Crippen LogP contribution < -0.4 is 5.01 Å². The van der Waals surface area contributed by atoms with Gasteiger partial charge in [0.05, 0.1) is 10.6 Å². The summed E-state index contributed by atoms with van der Waals surface area (Å²) >= 11 is 0. The van der Waals surface area contributed by atoms with Crippen molar-refractivity contribution in [3.63, 3.8) is 0 Å². The van der Waals surface area contributed by atoms with Crippen LogP contribution in [0.2, 0.25) is 0 Å². The van der Waals surface area contributed by atoms with Gasteiger partial charge in [-0.15, -0.1) is 0 Å². The van der Waals surface area contributed by atoms with Gasteiger partial charge in [-0.3, -0.25) is 9.59 Å². The number of carbonyl (C=O) groups is 2. The third-order valence-electron chi connectivity index (χ3n) is 5.60. The zero-order chi connectivity index (χ0) is 22.9. The molecule has 0 N–H and O–H groups in total. The first-order valence-corrected chi connectivity index (χ1v) is 11.7. The fourth-order valence-electron chi connectivity index (χ4n) is 3.77. The van der Waals surface area contributed by atoms with Crippen LogP contribution in [0, 0.1) is 12.7 Å². The second-order valence-corrected chi connectivity index (χ2v) is 9.63. The third kappa shape index (κ3) is 4.28. The molecule has 32 heavy (non-hydrogen) atoms. The van der Waals surface area contributed by atoms with Crippen LogP contribution >= 0.6 is 0 Å². The van der Waals surface area contributed by atoms with Crippen LogP contribution in [0.5, 0.6) is 0 Å². The number of anilines is 1. The Labute approximate surface area is 186 Å². The molecule has 0 aliphatic carbocycles. The predicted molar refractivity (Wildman–Crippen MR) is 117 cm³/mol. The van der Waals surface area contributed by atoms with Crippen LogP contribution in [0.25, 0.3) is 0 Å². The third-order valence-corrected chi connectivity index (χ3v) is 7.51. The molecule has 2 aliphatic rings. The zero-order valence-electron chi connectivity index (χ0n) is 17.6. The van der Waals surface area contributed by atoms with Crippen LogP contribution in [-0.2, 0) is 19.6 Å². The molecule has 10 heteroatoms. The highest BCUT2D eigenvalue weighted by Crippen LogP contribution is 2.25. The van der Waals surface area contributed by atoms with Gasteiger partial charge in [-0.1, -0.05) is 18.2 Å². The molecule has 2 heterocycles. The number of amides is 2. The van der Waals surface area contributed by atoms with Crippen LogP contribution in [0.1, 0.15) is 18.4 Å². The predicted octanol–water partition coefficient (Wildman–Crippen LogP) is 2.15. The van der Waals surface area contributed by atoms with Crippen molar-refractivity contribution in [1.29, 1.82) is 0 Å². The Balaban J connectivity index is 1.46. The summed E-state index contributed by atoms with van der Waals surface area (Å²) in [6, 6.07) is 12.0. The normalized spacial score (nSPS) is 17.9. The fraction of sp³-hybridized carbons (Fsp3) is 0.318. The van der Waals surface area contributed by atoms with Crippen molar-refractivity contribution in [3.05, 3.63) is 59.9 Å². The Morgan fingerprint density at radius 1 is 0.969 bits per heavy atom. The van der Waals surface area contributed by atoms with Crippen LogP contribution in [0.3, 0.4) is 0 Å². The number of halogens is 1. The standard InChI is InChI=1S/C22H23FN4O4S/c1-16-4-2-3-5-20(16)27-21(28)11-10-19(24-27)22(29)25-12-14-26(15-13-25)32(30,31)18-8-6-17(23)7-9-18/h2-9H,10-15H2,1H3. The van der Waals surface area contributed by atoms with E-state index < -0.39 is 15.8 Å². The minimum Gasteiger partial charge on any atom is -0.335 e. The van der Waals surface area contributed by atoms with Gasteiger partial charge in [0, 0.05) is 39.0 Å². The van der Waals surface area contributed by atoms with Gasteiger partial charge in [-0.25, -0.2) is 17.8 Å². The molecule has 1 saturated heterocycles. The van der Waals surface area contributed by atoms with Gasteiger partial charge in [0.15, 0.2) is 0 Å². The van der Waals surface area contributed by atoms with Crippen molar-refractivity contribution >= 4 is 33.2 Å². The first kappa shape index (κ1) is 22.1. The largest absolute Gasteiger partial charge is 0.335 e. The first-order valence-electron chi connectivity index (χ1n) is 10.3. The first-order chi connectivity index (χ1) is 15.3. The summed E-state index contributed by atoms with van der Waals surface area (Å²) in [5.74, 6) is -0.980. The molecule has 0 atom stereocenters. The number of hydrogen-bond donors (Lipinski definition) is 0. The van der Waals surface area contributed by atoms with Crippen LogP contribution in [-0.4, -0.2) is 61.3 Å². The summed E-state index contributed by atoms with van der Waals surface area (Å²) in [4.78, 5) is 27.0. The molecule has 2 aromatic carbocycles. The Bertz CT molecular complexity index is 1170. The molecule has 8 nitrogen and oxygen atoms in total. The van der Waals surface area contributed by atoms with E-state index in [1.54, 1.807) is 11.0 Å². The average molecular weight is 459 g/mol. The number of piperazine rings is 1. The number of rotatable bonds is 4. The minimum absolute atomic E-state index is 0.0164. The van der Waals surface area contributed by atoms with E-state index in [2.05, 4.69) is 5.10 Å². The highest BCUT2D eigenvalue weighted by molar-refractivity contribution is 7.89. The molecule has 2 aliphatic heterocycles. The number of carbonyl (C=O) groups excluding carboxylic acids is 2. The van der Waals surface area contributed by atoms with E-state index in [4.69, 9.17) is 0 Å². The van der Waals surface area contributed by atoms with Crippen LogP contribution in [0.15, 0.2) is 58.5 Å². The molecule has 0 spiro atoms. The maximum atomic E-state index is 13.1. The second-order valence-electron chi connectivity index (χ2n) is 7.69. The number of sulfonamides is 1. The highest BCUT2D eigenvalue weighted by Gasteiger charge is 2.33. The molecule has 0 bridgehead atoms. The molecule has 0 aromatic heterocycles. The molecule has 0 saturated carbocycles. The number of benzene rings is 2. The number of aryl methyl sites for hydroxylation is 1. The summed E-state index contributed by atoms with van der Waals surface area (Å²) in [5, 5.41) is 5.61. The molecule has 168 valence electrons. The number of hydrazone groups is 1. The van der Waals surface area contributed by atoms with Gasteiger partial charge in [-0.05, 0) is 42.8 Å². The molecule has 0 unspecified atom stereocenters. The minimum atomic E-state index is -3.76. The van der Waals surface area contributed by atoms with Gasteiger partial charge in [-0.2, -0.15) is 9.41 Å². The maximum absolute atomic E-state index is 13.1. The number of nitrogens with zero attached hydrogens (tertiary/aromatic N) is 4. The lowest BCUT2D eigenvalue weighted by molar-refractivity contribution is -0.125. The van der Waals surface area contributed by atoms with Crippen molar-refractivity contribution in [2.75, 3.05) is 31.2 Å². The quantitative estimate of drug-likeness (QED) is 0.702. The molecule has 1 fully saturated rings. The molecular weight excluding hydrogens is 435 g/mol. The van der Waals surface area contributed by atoms with Crippen LogP contribution in [0.4, 0.5) is 10.1 Å². The van der Waals surface area contributed by atoms with Crippen molar-refractivity contribution in [2.45, 2.75) is 24.7 Å². The van der Waals surface area contributed by atoms with Crippen molar-refractivity contribution in [2.24, 2.45) is 5.10 Å². The van der Waals surface area contributed by atoms with E-state index in [1.165, 1.54) is 21.4 Å². The molecule has 0 radical (unpaired) electrons. The van der Waals surface area contributed by atoms with Gasteiger partial charge in [0.2, 0.25) is 15.9 Å². The lowest BCUT2D eigenvalue weighted by atomic mass is 10.1. The Morgan fingerprint density at radius 2 is 1.62 bits per heavy atom. The van der Waals surface area contributed by atoms with E-state index in [9.17, 15) is 22.4 Å². The molecule has 2 amide bonds. The monoisotopic (exact) mass is 458 g/mol. The van der Waals surface area contributed by atoms with Gasteiger partial charge in [0.25, 0.3) is 5.91 Å². The number of hydrogen-bond acceptors (Lipinski definition) is 5. The Kier molecular flexibility index (Phi) is 6.07. The van der Waals surface area contributed by atoms with Crippen molar-refractivity contribution in [1.82, 2.24) is 9.21 Å². The average Bonchev–Trinajstić information content (AvgIpc) is 2.80. The van der Waals surface area contributed by atoms with E-state index in [-0.39, 0.29) is 61.4 Å². The fourth-order valence-corrected chi connectivity index (χ4v) is 5.19. The van der Waals surface area contributed by atoms with Crippen molar-refractivity contribution < 1.29 is 22.4 Å². The summed E-state index contributed by atoms with van der Waals surface area (Å²) in [5.41, 5.74) is 1.79. The molecule has 2 aromatic rings. The van der Waals surface area contributed by atoms with Gasteiger partial charge < -0.3 is 4.90 Å². The lowest BCUT2D eigenvalue weighted by Gasteiger charge is -2.35. The maximum Gasteiger partial charge on any atom is 0.270 e. The smallest absolute Gasteiger partial charge is 0.270 e.